The molecule has 2 nitrogen and oxygen atoms in total. The first-order valence-corrected chi connectivity index (χ1v) is 4.95. The van der Waals surface area contributed by atoms with Crippen LogP contribution in [0.5, 0.6) is 5.75 Å². The topological polar surface area (TPSA) is 33.0 Å². The van der Waals surface area contributed by atoms with Gasteiger partial charge in [0.15, 0.2) is 6.10 Å². The van der Waals surface area contributed by atoms with E-state index < -0.39 is 6.10 Å². The van der Waals surface area contributed by atoms with Crippen molar-refractivity contribution in [1.29, 1.82) is 5.26 Å². The van der Waals surface area contributed by atoms with E-state index in [1.165, 1.54) is 0 Å². The third-order valence-electron chi connectivity index (χ3n) is 1.70. The number of hydrogen-bond donors (Lipinski definition) is 0. The van der Waals surface area contributed by atoms with Crippen LogP contribution in [0.4, 0.5) is 0 Å². The van der Waals surface area contributed by atoms with E-state index in [1.54, 1.807) is 18.2 Å². The maximum atomic E-state index is 8.70. The van der Waals surface area contributed by atoms with Crippen LogP contribution in [0.3, 0.4) is 0 Å². The molecule has 0 bridgehead atoms. The molecule has 0 saturated carbocycles. The van der Waals surface area contributed by atoms with Crippen LogP contribution >= 0.6 is 23.2 Å². The molecule has 0 aliphatic heterocycles. The third-order valence-corrected chi connectivity index (χ3v) is 2.50. The molecule has 1 atom stereocenters. The second-order valence-corrected chi connectivity index (χ2v) is 3.48. The molecule has 14 heavy (non-hydrogen) atoms. The molecule has 1 rings (SSSR count). The SMILES string of the molecule is CCC(C#N)Oc1cccc(Cl)c1Cl. The largest absolute Gasteiger partial charge is 0.474 e. The van der Waals surface area contributed by atoms with Gasteiger partial charge < -0.3 is 4.74 Å². The van der Waals surface area contributed by atoms with Crippen LogP contribution in [0.1, 0.15) is 13.3 Å². The molecule has 74 valence electrons. The number of halogens is 2. The Morgan fingerprint density at radius 1 is 1.50 bits per heavy atom. The van der Waals surface area contributed by atoms with Crippen LogP contribution in [-0.2, 0) is 0 Å². The van der Waals surface area contributed by atoms with Gasteiger partial charge in [-0.25, -0.2) is 0 Å². The lowest BCUT2D eigenvalue weighted by Crippen LogP contribution is -2.12. The van der Waals surface area contributed by atoms with Crippen LogP contribution in [0.25, 0.3) is 0 Å². The summed E-state index contributed by atoms with van der Waals surface area (Å²) >= 11 is 11.7. The first-order valence-electron chi connectivity index (χ1n) is 4.19. The fraction of sp³-hybridized carbons (Fsp3) is 0.300. The monoisotopic (exact) mass is 229 g/mol. The zero-order chi connectivity index (χ0) is 10.6. The normalized spacial score (nSPS) is 11.9. The number of hydrogen-bond acceptors (Lipinski definition) is 2. The van der Waals surface area contributed by atoms with Crippen LogP contribution in [0.15, 0.2) is 18.2 Å². The van der Waals surface area contributed by atoms with E-state index in [9.17, 15) is 0 Å². The summed E-state index contributed by atoms with van der Waals surface area (Å²) in [5.41, 5.74) is 0. The molecule has 4 heteroatoms. The Hall–Kier alpha value is -0.910. The molecular weight excluding hydrogens is 221 g/mol. The summed E-state index contributed by atoms with van der Waals surface area (Å²) in [7, 11) is 0. The minimum atomic E-state index is -0.481. The summed E-state index contributed by atoms with van der Waals surface area (Å²) < 4.78 is 5.35. The Bertz CT molecular complexity index is 360. The molecule has 0 spiro atoms. The minimum absolute atomic E-state index is 0.350. The van der Waals surface area contributed by atoms with Crippen molar-refractivity contribution < 1.29 is 4.74 Å². The Kier molecular flexibility index (Phi) is 4.06. The molecule has 0 aromatic heterocycles. The number of rotatable bonds is 3. The van der Waals surface area contributed by atoms with Gasteiger partial charge in [0.1, 0.15) is 16.8 Å². The van der Waals surface area contributed by atoms with Crippen molar-refractivity contribution in [1.82, 2.24) is 0 Å². The number of nitrogens with zero attached hydrogens (tertiary/aromatic N) is 1. The van der Waals surface area contributed by atoms with Gasteiger partial charge in [0.25, 0.3) is 0 Å². The molecule has 1 aromatic rings. The number of nitriles is 1. The molecule has 1 aromatic carbocycles. The quantitative estimate of drug-likeness (QED) is 0.793. The molecule has 0 amide bonds. The number of ether oxygens (including phenoxy) is 1. The zero-order valence-corrected chi connectivity index (χ0v) is 9.14. The lowest BCUT2D eigenvalue weighted by Gasteiger charge is -2.11. The van der Waals surface area contributed by atoms with Crippen molar-refractivity contribution in [3.05, 3.63) is 28.2 Å². The standard InChI is InChI=1S/C10H9Cl2NO/c1-2-7(6-13)14-9-5-3-4-8(11)10(9)12/h3-5,7H,2H2,1H3. The summed E-state index contributed by atoms with van der Waals surface area (Å²) in [5.74, 6) is 0.451. The molecule has 0 fully saturated rings. The highest BCUT2D eigenvalue weighted by Gasteiger charge is 2.10. The molecule has 1 unspecified atom stereocenters. The lowest BCUT2D eigenvalue weighted by molar-refractivity contribution is 0.252. The van der Waals surface area contributed by atoms with Crippen molar-refractivity contribution >= 4 is 23.2 Å². The predicted octanol–water partition coefficient (Wildman–Crippen LogP) is 3.67. The van der Waals surface area contributed by atoms with Gasteiger partial charge in [0.2, 0.25) is 0 Å². The van der Waals surface area contributed by atoms with E-state index in [0.717, 1.165) is 0 Å². The highest BCUT2D eigenvalue weighted by atomic mass is 35.5. The summed E-state index contributed by atoms with van der Waals surface area (Å²) in [4.78, 5) is 0. The molecule has 0 radical (unpaired) electrons. The maximum Gasteiger partial charge on any atom is 0.184 e. The molecular formula is C10H9Cl2NO. The smallest absolute Gasteiger partial charge is 0.184 e. The second-order valence-electron chi connectivity index (χ2n) is 2.70. The van der Waals surface area contributed by atoms with Gasteiger partial charge in [-0.3, -0.25) is 0 Å². The van der Waals surface area contributed by atoms with Crippen molar-refractivity contribution in [3.63, 3.8) is 0 Å². The Morgan fingerprint density at radius 2 is 2.21 bits per heavy atom. The van der Waals surface area contributed by atoms with Crippen molar-refractivity contribution in [3.8, 4) is 11.8 Å². The summed E-state index contributed by atoms with van der Waals surface area (Å²) in [6.45, 7) is 1.87. The van der Waals surface area contributed by atoms with Crippen LogP contribution in [0.2, 0.25) is 10.0 Å². The average Bonchev–Trinajstić information content (AvgIpc) is 2.20. The molecule has 0 aliphatic carbocycles. The van der Waals surface area contributed by atoms with Gasteiger partial charge >= 0.3 is 0 Å². The molecule has 0 saturated heterocycles. The maximum absolute atomic E-state index is 8.70. The first kappa shape index (κ1) is 11.2. The van der Waals surface area contributed by atoms with Gasteiger partial charge in [-0.2, -0.15) is 5.26 Å². The van der Waals surface area contributed by atoms with E-state index in [0.29, 0.717) is 22.2 Å². The second kappa shape index (κ2) is 5.09. The fourth-order valence-electron chi connectivity index (χ4n) is 0.929. The van der Waals surface area contributed by atoms with E-state index in [1.807, 2.05) is 13.0 Å². The van der Waals surface area contributed by atoms with Crippen molar-refractivity contribution in [2.45, 2.75) is 19.4 Å². The lowest BCUT2D eigenvalue weighted by atomic mass is 10.3. The minimum Gasteiger partial charge on any atom is -0.474 e. The highest BCUT2D eigenvalue weighted by molar-refractivity contribution is 6.42. The van der Waals surface area contributed by atoms with Crippen molar-refractivity contribution in [2.24, 2.45) is 0 Å². The summed E-state index contributed by atoms with van der Waals surface area (Å²) in [6, 6.07) is 7.11. The Morgan fingerprint density at radius 3 is 2.79 bits per heavy atom. The van der Waals surface area contributed by atoms with Crippen LogP contribution < -0.4 is 4.74 Å². The van der Waals surface area contributed by atoms with E-state index in [4.69, 9.17) is 33.2 Å². The molecule has 0 aliphatic rings. The fourth-order valence-corrected chi connectivity index (χ4v) is 1.27. The third kappa shape index (κ3) is 2.54. The van der Waals surface area contributed by atoms with Crippen LogP contribution in [-0.4, -0.2) is 6.10 Å². The average molecular weight is 230 g/mol. The zero-order valence-electron chi connectivity index (χ0n) is 7.63. The van der Waals surface area contributed by atoms with Gasteiger partial charge in [-0.15, -0.1) is 0 Å². The van der Waals surface area contributed by atoms with Gasteiger partial charge in [-0.1, -0.05) is 36.2 Å². The van der Waals surface area contributed by atoms with Crippen molar-refractivity contribution in [2.75, 3.05) is 0 Å². The van der Waals surface area contributed by atoms with Crippen LogP contribution in [0, 0.1) is 11.3 Å². The Balaban J connectivity index is 2.87. The molecule has 0 heterocycles. The molecule has 0 N–H and O–H groups in total. The number of benzene rings is 1. The van der Waals surface area contributed by atoms with Gasteiger partial charge in [0, 0.05) is 0 Å². The summed E-state index contributed by atoms with van der Waals surface area (Å²) in [5, 5.41) is 9.47. The van der Waals surface area contributed by atoms with Gasteiger partial charge in [-0.05, 0) is 18.6 Å². The highest BCUT2D eigenvalue weighted by Crippen LogP contribution is 2.32. The van der Waals surface area contributed by atoms with E-state index >= 15 is 0 Å². The first-order chi connectivity index (χ1) is 6.69. The van der Waals surface area contributed by atoms with E-state index in [2.05, 4.69) is 0 Å². The predicted molar refractivity (Wildman–Crippen MR) is 56.8 cm³/mol. The van der Waals surface area contributed by atoms with Gasteiger partial charge in [0.05, 0.1) is 5.02 Å². The summed E-state index contributed by atoms with van der Waals surface area (Å²) in [6.07, 6.45) is 0.130. The Labute approximate surface area is 93.0 Å². The van der Waals surface area contributed by atoms with E-state index in [-0.39, 0.29) is 0 Å².